The number of rotatable bonds is 0. The predicted octanol–water partition coefficient (Wildman–Crippen LogP) is -1.09. The Morgan fingerprint density at radius 2 is 1.20 bits per heavy atom. The van der Waals surface area contributed by atoms with Gasteiger partial charge in [-0.05, 0) is 0 Å². The summed E-state index contributed by atoms with van der Waals surface area (Å²) in [6.45, 7) is 5.25. The minimum atomic E-state index is 0. The van der Waals surface area contributed by atoms with Gasteiger partial charge in [0.25, 0.3) is 0 Å². The monoisotopic (exact) mass is 142 g/mol. The summed E-state index contributed by atoms with van der Waals surface area (Å²) in [5.41, 5.74) is 0. The maximum atomic E-state index is 3.30. The molecule has 0 aromatic rings. The molecule has 4 nitrogen and oxygen atoms in total. The van der Waals surface area contributed by atoms with E-state index in [0.29, 0.717) is 0 Å². The maximum absolute atomic E-state index is 3.30. The second-order valence-electron chi connectivity index (χ2n) is 2.62. The molecule has 2 N–H and O–H groups in total. The molecule has 2 fully saturated rings. The van der Waals surface area contributed by atoms with Gasteiger partial charge in [0.1, 0.15) is 0 Å². The second-order valence-corrected chi connectivity index (χ2v) is 2.62. The van der Waals surface area contributed by atoms with Crippen LogP contribution in [0.4, 0.5) is 0 Å². The molecule has 0 atom stereocenters. The molecule has 0 aliphatic carbocycles. The number of nitrogens with one attached hydrogen (secondary N) is 2. The van der Waals surface area contributed by atoms with E-state index in [2.05, 4.69) is 20.4 Å². The van der Waals surface area contributed by atoms with Gasteiger partial charge in [0.15, 0.2) is 0 Å². The molecule has 2 saturated heterocycles. The third-order valence-electron chi connectivity index (χ3n) is 1.74. The minimum absolute atomic E-state index is 0. The Balaban J connectivity index is 0.000000500. The minimum Gasteiger partial charge on any atom is -0.291 e. The van der Waals surface area contributed by atoms with Crippen LogP contribution in [0.1, 0.15) is 0 Å². The van der Waals surface area contributed by atoms with E-state index in [1.807, 2.05) is 0 Å². The predicted molar refractivity (Wildman–Crippen MR) is 39.6 cm³/mol. The molecule has 0 aromatic heterocycles. The normalized spacial score (nSPS) is 38.4. The number of hydrogen-bond donors (Lipinski definition) is 2. The van der Waals surface area contributed by atoms with Crippen molar-refractivity contribution in [2.24, 2.45) is 0 Å². The van der Waals surface area contributed by atoms with Crippen LogP contribution >= 0.6 is 0 Å². The molecular weight excluding hydrogens is 128 g/mol. The van der Waals surface area contributed by atoms with Gasteiger partial charge in [0.05, 0.1) is 33.3 Å². The molecule has 0 aromatic carbocycles. The zero-order valence-electron chi connectivity index (χ0n) is 6.14. The molecule has 0 spiro atoms. The number of nitrogens with zero attached hydrogens (tertiary/aromatic N) is 2. The smallest absolute Gasteiger partial charge is 0.0554 e. The highest BCUT2D eigenvalue weighted by atomic mass is 15.5. The molecular formula is C6H14N4. The standard InChI is InChI=1S/C5H12N4.CH2/c1-6-2-9-4-7-3-8(1)5-9;/h6-7H,1-5H2;1H2. The highest BCUT2D eigenvalue weighted by Crippen LogP contribution is 1.99. The average Bonchev–Trinajstić information content (AvgIpc) is 1.88. The van der Waals surface area contributed by atoms with Crippen molar-refractivity contribution in [3.63, 3.8) is 0 Å². The third-order valence-corrected chi connectivity index (χ3v) is 1.74. The Labute approximate surface area is 62.2 Å². The van der Waals surface area contributed by atoms with Gasteiger partial charge in [0.2, 0.25) is 0 Å². The summed E-state index contributed by atoms with van der Waals surface area (Å²) >= 11 is 0. The highest BCUT2D eigenvalue weighted by Gasteiger charge is 2.19. The fourth-order valence-corrected chi connectivity index (χ4v) is 1.33. The first kappa shape index (κ1) is 7.94. The molecule has 2 rings (SSSR count). The molecule has 0 saturated carbocycles. The lowest BCUT2D eigenvalue weighted by Gasteiger charge is -2.40. The Hall–Kier alpha value is -0.160. The van der Waals surface area contributed by atoms with Crippen LogP contribution in [0.5, 0.6) is 0 Å². The Kier molecular flexibility index (Phi) is 2.62. The lowest BCUT2D eigenvalue weighted by atomic mass is 10.5. The van der Waals surface area contributed by atoms with E-state index < -0.39 is 0 Å². The summed E-state index contributed by atoms with van der Waals surface area (Å²) in [7, 11) is 0. The molecule has 4 heteroatoms. The zero-order valence-corrected chi connectivity index (χ0v) is 6.14. The summed E-state index contributed by atoms with van der Waals surface area (Å²) < 4.78 is 0. The average molecular weight is 142 g/mol. The van der Waals surface area contributed by atoms with Crippen molar-refractivity contribution in [3.8, 4) is 0 Å². The van der Waals surface area contributed by atoms with Gasteiger partial charge in [0, 0.05) is 0 Å². The number of fused-ring (bicyclic) bond motifs is 2. The molecule has 0 unspecified atom stereocenters. The molecule has 10 heavy (non-hydrogen) atoms. The Morgan fingerprint density at radius 3 is 1.50 bits per heavy atom. The van der Waals surface area contributed by atoms with Gasteiger partial charge < -0.3 is 0 Å². The van der Waals surface area contributed by atoms with Crippen LogP contribution in [-0.2, 0) is 0 Å². The van der Waals surface area contributed by atoms with Gasteiger partial charge in [-0.15, -0.1) is 0 Å². The van der Waals surface area contributed by atoms with E-state index in [4.69, 9.17) is 0 Å². The van der Waals surface area contributed by atoms with E-state index in [9.17, 15) is 0 Å². The van der Waals surface area contributed by atoms with Gasteiger partial charge in [-0.3, -0.25) is 20.4 Å². The Bertz CT molecular complexity index is 85.9. The van der Waals surface area contributed by atoms with Crippen molar-refractivity contribution >= 4 is 0 Å². The summed E-state index contributed by atoms with van der Waals surface area (Å²) in [5.74, 6) is 0. The molecule has 0 amide bonds. The first-order valence-corrected chi connectivity index (χ1v) is 3.31. The van der Waals surface area contributed by atoms with Crippen LogP contribution in [0.3, 0.4) is 0 Å². The van der Waals surface area contributed by atoms with Crippen LogP contribution < -0.4 is 10.6 Å². The van der Waals surface area contributed by atoms with Gasteiger partial charge >= 0.3 is 0 Å². The van der Waals surface area contributed by atoms with Crippen molar-refractivity contribution in [2.45, 2.75) is 0 Å². The van der Waals surface area contributed by atoms with Crippen molar-refractivity contribution in [1.82, 2.24) is 20.4 Å². The van der Waals surface area contributed by atoms with Gasteiger partial charge in [-0.25, -0.2) is 0 Å². The topological polar surface area (TPSA) is 30.5 Å². The first-order chi connectivity index (χ1) is 4.45. The van der Waals surface area contributed by atoms with E-state index in [-0.39, 0.29) is 7.43 Å². The van der Waals surface area contributed by atoms with Crippen molar-refractivity contribution in [1.29, 1.82) is 0 Å². The molecule has 2 aliphatic heterocycles. The molecule has 2 bridgehead atoms. The fourth-order valence-electron chi connectivity index (χ4n) is 1.33. The van der Waals surface area contributed by atoms with Crippen LogP contribution in [0.25, 0.3) is 0 Å². The molecule has 58 valence electrons. The van der Waals surface area contributed by atoms with E-state index >= 15 is 0 Å². The largest absolute Gasteiger partial charge is 0.291 e. The van der Waals surface area contributed by atoms with E-state index in [1.165, 1.54) is 0 Å². The summed E-state index contributed by atoms with van der Waals surface area (Å²) in [6, 6.07) is 0. The molecule has 2 heterocycles. The van der Waals surface area contributed by atoms with Crippen molar-refractivity contribution in [3.05, 3.63) is 7.43 Å². The second kappa shape index (κ2) is 3.30. The summed E-state index contributed by atoms with van der Waals surface area (Å²) in [5, 5.41) is 6.60. The van der Waals surface area contributed by atoms with Crippen LogP contribution in [0.15, 0.2) is 0 Å². The van der Waals surface area contributed by atoms with E-state index in [0.717, 1.165) is 33.3 Å². The number of hydrogen-bond acceptors (Lipinski definition) is 4. The van der Waals surface area contributed by atoms with E-state index in [1.54, 1.807) is 0 Å². The maximum Gasteiger partial charge on any atom is 0.0554 e. The summed E-state index contributed by atoms with van der Waals surface area (Å²) in [4.78, 5) is 4.65. The van der Waals surface area contributed by atoms with Crippen LogP contribution in [0, 0.1) is 7.43 Å². The lowest BCUT2D eigenvalue weighted by molar-refractivity contribution is 0.0112. The van der Waals surface area contributed by atoms with Crippen LogP contribution in [0.2, 0.25) is 0 Å². The van der Waals surface area contributed by atoms with Gasteiger partial charge in [-0.2, -0.15) is 0 Å². The fraction of sp³-hybridized carbons (Fsp3) is 0.833. The Morgan fingerprint density at radius 1 is 0.800 bits per heavy atom. The summed E-state index contributed by atoms with van der Waals surface area (Å²) in [6.07, 6.45) is 0. The van der Waals surface area contributed by atoms with Gasteiger partial charge in [-0.1, -0.05) is 7.43 Å². The molecule has 2 aliphatic rings. The molecule has 2 radical (unpaired) electrons. The van der Waals surface area contributed by atoms with Crippen molar-refractivity contribution < 1.29 is 0 Å². The SMILES string of the molecule is C1NCN2CNCN1C2.[CH2]. The highest BCUT2D eigenvalue weighted by molar-refractivity contribution is 4.68. The van der Waals surface area contributed by atoms with Crippen molar-refractivity contribution in [2.75, 3.05) is 33.3 Å². The zero-order chi connectivity index (χ0) is 6.10. The first-order valence-electron chi connectivity index (χ1n) is 3.31. The lowest BCUT2D eigenvalue weighted by Crippen LogP contribution is -2.61. The third kappa shape index (κ3) is 1.46. The van der Waals surface area contributed by atoms with Crippen LogP contribution in [-0.4, -0.2) is 43.1 Å². The quantitative estimate of drug-likeness (QED) is 0.450.